The van der Waals surface area contributed by atoms with Crippen molar-refractivity contribution in [1.82, 2.24) is 9.21 Å². The average molecular weight is 264 g/mol. The summed E-state index contributed by atoms with van der Waals surface area (Å²) < 4.78 is 34.9. The fraction of sp³-hybridized carbons (Fsp3) is 1.00. The molecule has 0 saturated carbocycles. The highest BCUT2D eigenvalue weighted by Gasteiger charge is 2.42. The Bertz CT molecular complexity index is 376. The second-order valence-corrected chi connectivity index (χ2v) is 7.03. The monoisotopic (exact) mass is 264 g/mol. The molecule has 2 rings (SSSR count). The van der Waals surface area contributed by atoms with Gasteiger partial charge in [0, 0.05) is 19.6 Å². The van der Waals surface area contributed by atoms with Crippen molar-refractivity contribution < 1.29 is 17.3 Å². The van der Waals surface area contributed by atoms with Crippen LogP contribution in [0.2, 0.25) is 0 Å². The molecule has 0 unspecified atom stereocenters. The van der Waals surface area contributed by atoms with E-state index in [0.29, 0.717) is 26.4 Å². The van der Waals surface area contributed by atoms with Gasteiger partial charge in [-0.25, -0.2) is 0 Å². The van der Waals surface area contributed by atoms with Gasteiger partial charge in [-0.1, -0.05) is 0 Å². The lowest BCUT2D eigenvalue weighted by Gasteiger charge is -2.35. The number of ether oxygens (including phenoxy) is 1. The van der Waals surface area contributed by atoms with E-state index in [1.54, 1.807) is 0 Å². The summed E-state index contributed by atoms with van der Waals surface area (Å²) in [5, 5.41) is 0. The van der Waals surface area contributed by atoms with E-state index in [0.717, 1.165) is 0 Å². The first-order chi connectivity index (χ1) is 7.78. The predicted octanol–water partition coefficient (Wildman–Crippen LogP) is 0.0202. The third-order valence-electron chi connectivity index (χ3n) is 2.89. The maximum atomic E-state index is 11.5. The molecule has 0 aromatic rings. The standard InChI is InChI=1S/C10H20N2O4S/c1-10(2,3)15-8-11-4-5-12-9(6-11)7-16-17(12,13)14/h9H,4-8H2,1-3H3/t9-/m1/s1. The quantitative estimate of drug-likeness (QED) is 0.704. The molecule has 0 aliphatic carbocycles. The first-order valence-electron chi connectivity index (χ1n) is 5.80. The number of piperazine rings is 1. The van der Waals surface area contributed by atoms with E-state index in [4.69, 9.17) is 8.92 Å². The van der Waals surface area contributed by atoms with Crippen LogP contribution in [0.4, 0.5) is 0 Å². The van der Waals surface area contributed by atoms with Gasteiger partial charge in [0.1, 0.15) is 0 Å². The van der Waals surface area contributed by atoms with E-state index in [2.05, 4.69) is 4.90 Å². The van der Waals surface area contributed by atoms with E-state index in [9.17, 15) is 8.42 Å². The molecule has 2 heterocycles. The molecule has 2 aliphatic heterocycles. The summed E-state index contributed by atoms with van der Waals surface area (Å²) >= 11 is 0. The summed E-state index contributed by atoms with van der Waals surface area (Å²) in [6.07, 6.45) is 0. The van der Waals surface area contributed by atoms with Gasteiger partial charge in [0.25, 0.3) is 0 Å². The first-order valence-corrected chi connectivity index (χ1v) is 7.17. The van der Waals surface area contributed by atoms with E-state index < -0.39 is 10.3 Å². The predicted molar refractivity (Wildman–Crippen MR) is 62.6 cm³/mol. The molecule has 2 aliphatic rings. The van der Waals surface area contributed by atoms with E-state index in [-0.39, 0.29) is 18.2 Å². The van der Waals surface area contributed by atoms with Crippen LogP contribution in [-0.4, -0.2) is 62.2 Å². The molecule has 1 atom stereocenters. The van der Waals surface area contributed by atoms with Crippen molar-refractivity contribution in [2.24, 2.45) is 0 Å². The van der Waals surface area contributed by atoms with E-state index in [1.165, 1.54) is 4.31 Å². The summed E-state index contributed by atoms with van der Waals surface area (Å²) in [5.74, 6) is 0. The molecule has 0 amide bonds. The molecular formula is C10H20N2O4S. The van der Waals surface area contributed by atoms with Crippen molar-refractivity contribution in [2.75, 3.05) is 33.0 Å². The third-order valence-corrected chi connectivity index (χ3v) is 4.38. The second-order valence-electron chi connectivity index (χ2n) is 5.47. The Hall–Kier alpha value is -0.210. The van der Waals surface area contributed by atoms with Crippen molar-refractivity contribution in [3.05, 3.63) is 0 Å². The van der Waals surface area contributed by atoms with Gasteiger partial charge in [0.05, 0.1) is 25.0 Å². The van der Waals surface area contributed by atoms with Crippen LogP contribution in [0, 0.1) is 0 Å². The van der Waals surface area contributed by atoms with Gasteiger partial charge in [-0.3, -0.25) is 9.08 Å². The molecule has 0 spiro atoms. The molecule has 2 fully saturated rings. The SMILES string of the molecule is CC(C)(C)OCN1CCN2[C@@H](COS2(=O)=O)C1. The Balaban J connectivity index is 1.88. The molecule has 100 valence electrons. The second kappa shape index (κ2) is 4.47. The van der Waals surface area contributed by atoms with Gasteiger partial charge < -0.3 is 4.74 Å². The van der Waals surface area contributed by atoms with Crippen molar-refractivity contribution in [1.29, 1.82) is 0 Å². The van der Waals surface area contributed by atoms with Crippen molar-refractivity contribution >= 4 is 10.3 Å². The molecular weight excluding hydrogens is 244 g/mol. The summed E-state index contributed by atoms with van der Waals surface area (Å²) in [7, 11) is -3.45. The summed E-state index contributed by atoms with van der Waals surface area (Å²) in [4.78, 5) is 2.12. The van der Waals surface area contributed by atoms with Gasteiger partial charge in [0.15, 0.2) is 0 Å². The maximum Gasteiger partial charge on any atom is 0.338 e. The number of rotatable bonds is 2. The van der Waals surface area contributed by atoms with Gasteiger partial charge in [-0.05, 0) is 20.8 Å². The highest BCUT2D eigenvalue weighted by atomic mass is 32.2. The van der Waals surface area contributed by atoms with Crippen LogP contribution >= 0.6 is 0 Å². The Labute approximate surface area is 103 Å². The van der Waals surface area contributed by atoms with Crippen LogP contribution in [0.3, 0.4) is 0 Å². The number of fused-ring (bicyclic) bond motifs is 1. The van der Waals surface area contributed by atoms with E-state index >= 15 is 0 Å². The van der Waals surface area contributed by atoms with Gasteiger partial charge in [-0.15, -0.1) is 0 Å². The minimum absolute atomic E-state index is 0.0580. The zero-order chi connectivity index (χ0) is 12.7. The molecule has 7 heteroatoms. The lowest BCUT2D eigenvalue weighted by molar-refractivity contribution is -0.0748. The van der Waals surface area contributed by atoms with Crippen LogP contribution in [0.5, 0.6) is 0 Å². The van der Waals surface area contributed by atoms with Gasteiger partial charge in [-0.2, -0.15) is 12.7 Å². The highest BCUT2D eigenvalue weighted by Crippen LogP contribution is 2.23. The fourth-order valence-electron chi connectivity index (χ4n) is 1.97. The minimum atomic E-state index is -3.45. The first kappa shape index (κ1) is 13.2. The lowest BCUT2D eigenvalue weighted by Crippen LogP contribution is -2.53. The molecule has 0 N–H and O–H groups in total. The molecule has 6 nitrogen and oxygen atoms in total. The molecule has 0 aromatic carbocycles. The largest absolute Gasteiger partial charge is 0.360 e. The summed E-state index contributed by atoms with van der Waals surface area (Å²) in [5.41, 5.74) is -0.171. The summed E-state index contributed by atoms with van der Waals surface area (Å²) in [6.45, 7) is 8.67. The number of nitrogens with zero attached hydrogens (tertiary/aromatic N) is 2. The molecule has 0 radical (unpaired) electrons. The molecule has 2 saturated heterocycles. The Kier molecular flexibility index (Phi) is 3.48. The average Bonchev–Trinajstić information content (AvgIpc) is 2.51. The zero-order valence-electron chi connectivity index (χ0n) is 10.5. The van der Waals surface area contributed by atoms with E-state index in [1.807, 2.05) is 20.8 Å². The summed E-state index contributed by atoms with van der Waals surface area (Å²) in [6, 6.07) is -0.0580. The lowest BCUT2D eigenvalue weighted by atomic mass is 10.2. The van der Waals surface area contributed by atoms with Crippen LogP contribution in [-0.2, 0) is 19.2 Å². The van der Waals surface area contributed by atoms with Gasteiger partial charge >= 0.3 is 10.3 Å². The Morgan fingerprint density at radius 3 is 2.71 bits per heavy atom. The third kappa shape index (κ3) is 3.17. The molecule has 0 bridgehead atoms. The van der Waals surface area contributed by atoms with Crippen molar-refractivity contribution in [3.63, 3.8) is 0 Å². The topological polar surface area (TPSA) is 59.1 Å². The van der Waals surface area contributed by atoms with Crippen LogP contribution in [0.25, 0.3) is 0 Å². The Morgan fingerprint density at radius 1 is 1.35 bits per heavy atom. The molecule has 17 heavy (non-hydrogen) atoms. The molecule has 0 aromatic heterocycles. The maximum absolute atomic E-state index is 11.5. The fourth-order valence-corrected chi connectivity index (χ4v) is 3.23. The van der Waals surface area contributed by atoms with Crippen molar-refractivity contribution in [2.45, 2.75) is 32.4 Å². The van der Waals surface area contributed by atoms with Crippen LogP contribution in [0.1, 0.15) is 20.8 Å². The van der Waals surface area contributed by atoms with Crippen molar-refractivity contribution in [3.8, 4) is 0 Å². The van der Waals surface area contributed by atoms with Crippen LogP contribution < -0.4 is 0 Å². The number of hydrogen-bond acceptors (Lipinski definition) is 5. The smallest absolute Gasteiger partial charge is 0.338 e. The normalized spacial score (nSPS) is 30.4. The van der Waals surface area contributed by atoms with Gasteiger partial charge in [0.2, 0.25) is 0 Å². The minimum Gasteiger partial charge on any atom is -0.360 e. The van der Waals surface area contributed by atoms with Crippen LogP contribution in [0.15, 0.2) is 0 Å². The number of hydrogen-bond donors (Lipinski definition) is 0. The highest BCUT2D eigenvalue weighted by molar-refractivity contribution is 7.84. The Morgan fingerprint density at radius 2 is 2.06 bits per heavy atom. The zero-order valence-corrected chi connectivity index (χ0v) is 11.4.